The van der Waals surface area contributed by atoms with Crippen LogP contribution >= 0.6 is 0 Å². The summed E-state index contributed by atoms with van der Waals surface area (Å²) in [7, 11) is 3.63. The number of nitrogens with zero attached hydrogens (tertiary/aromatic N) is 5. The number of carbonyl (C=O) groups is 2. The van der Waals surface area contributed by atoms with E-state index in [1.807, 2.05) is 19.0 Å². The van der Waals surface area contributed by atoms with Crippen LogP contribution in [0.25, 0.3) is 0 Å². The number of anilines is 1. The molecular formula is C20H32N6O2. The minimum atomic E-state index is -0.0146. The van der Waals surface area contributed by atoms with Gasteiger partial charge in [0.05, 0.1) is 17.8 Å². The van der Waals surface area contributed by atoms with E-state index >= 15 is 0 Å². The zero-order valence-electron chi connectivity index (χ0n) is 17.2. The lowest BCUT2D eigenvalue weighted by molar-refractivity contribution is -0.131. The fourth-order valence-corrected chi connectivity index (χ4v) is 4.41. The molecule has 1 unspecified atom stereocenters. The molecule has 1 aromatic heterocycles. The number of aryl methyl sites for hydroxylation is 1. The van der Waals surface area contributed by atoms with Gasteiger partial charge in [0.25, 0.3) is 5.91 Å². The van der Waals surface area contributed by atoms with Crippen molar-refractivity contribution in [1.82, 2.24) is 24.7 Å². The maximum Gasteiger partial charge on any atom is 0.257 e. The second-order valence-corrected chi connectivity index (χ2v) is 8.18. The molecule has 2 aliphatic heterocycles. The Labute approximate surface area is 167 Å². The number of rotatable bonds is 4. The summed E-state index contributed by atoms with van der Waals surface area (Å²) < 4.78 is 0. The highest BCUT2D eigenvalue weighted by Crippen LogP contribution is 2.31. The van der Waals surface area contributed by atoms with Gasteiger partial charge in [-0.2, -0.15) is 0 Å². The van der Waals surface area contributed by atoms with Crippen molar-refractivity contribution in [2.75, 3.05) is 46.0 Å². The standard InChI is InChI=1S/C20H32N6O2/c1-14-16(12-22-20(21)23-14)19(28)25-10-7-15(8-11-25)17-6-4-5-9-26(17)13-18(27)24(2)3/h12,15,17H,4-11,13H2,1-3H3,(H2,21,22,23). The maximum atomic E-state index is 12.8. The van der Waals surface area contributed by atoms with Crippen LogP contribution in [0.5, 0.6) is 0 Å². The molecule has 2 N–H and O–H groups in total. The fraction of sp³-hybridized carbons (Fsp3) is 0.700. The first kappa shape index (κ1) is 20.5. The third-order valence-corrected chi connectivity index (χ3v) is 6.10. The number of nitrogens with two attached hydrogens (primary N) is 1. The molecule has 3 rings (SSSR count). The van der Waals surface area contributed by atoms with Gasteiger partial charge in [-0.05, 0) is 45.1 Å². The van der Waals surface area contributed by atoms with Crippen LogP contribution in [-0.2, 0) is 4.79 Å². The van der Waals surface area contributed by atoms with E-state index in [0.717, 1.165) is 45.3 Å². The molecule has 0 saturated carbocycles. The molecule has 2 saturated heterocycles. The Bertz CT molecular complexity index is 715. The highest BCUT2D eigenvalue weighted by atomic mass is 16.2. The number of aromatic nitrogens is 2. The second-order valence-electron chi connectivity index (χ2n) is 8.18. The van der Waals surface area contributed by atoms with Gasteiger partial charge in [-0.1, -0.05) is 6.42 Å². The van der Waals surface area contributed by atoms with E-state index in [4.69, 9.17) is 5.73 Å². The number of hydrogen-bond donors (Lipinski definition) is 1. The van der Waals surface area contributed by atoms with Gasteiger partial charge in [0.2, 0.25) is 11.9 Å². The third kappa shape index (κ3) is 4.60. The van der Waals surface area contributed by atoms with Crippen molar-refractivity contribution in [3.63, 3.8) is 0 Å². The van der Waals surface area contributed by atoms with Crippen LogP contribution < -0.4 is 5.73 Å². The molecular weight excluding hydrogens is 356 g/mol. The third-order valence-electron chi connectivity index (χ3n) is 6.10. The molecule has 154 valence electrons. The Kier molecular flexibility index (Phi) is 6.49. The van der Waals surface area contributed by atoms with Gasteiger partial charge in [-0.3, -0.25) is 14.5 Å². The molecule has 0 radical (unpaired) electrons. The molecule has 0 aliphatic carbocycles. The first-order valence-electron chi connectivity index (χ1n) is 10.2. The van der Waals surface area contributed by atoms with Crippen LogP contribution in [0.3, 0.4) is 0 Å². The lowest BCUT2D eigenvalue weighted by Crippen LogP contribution is -2.51. The molecule has 2 aliphatic rings. The summed E-state index contributed by atoms with van der Waals surface area (Å²) in [4.78, 5) is 39.1. The summed E-state index contributed by atoms with van der Waals surface area (Å²) >= 11 is 0. The average molecular weight is 389 g/mol. The van der Waals surface area contributed by atoms with Gasteiger partial charge in [0.15, 0.2) is 0 Å². The fourth-order valence-electron chi connectivity index (χ4n) is 4.41. The van der Waals surface area contributed by atoms with E-state index in [1.54, 1.807) is 11.8 Å². The average Bonchev–Trinajstić information content (AvgIpc) is 2.68. The summed E-state index contributed by atoms with van der Waals surface area (Å²) in [5.74, 6) is 0.873. The number of likely N-dealkylation sites (N-methyl/N-ethyl adjacent to an activating group) is 1. The van der Waals surface area contributed by atoms with Crippen LogP contribution in [0.1, 0.15) is 48.2 Å². The minimum absolute atomic E-state index is 0.0146. The predicted octanol–water partition coefficient (Wildman–Crippen LogP) is 1.16. The van der Waals surface area contributed by atoms with Crippen LogP contribution in [0.4, 0.5) is 5.95 Å². The molecule has 1 atom stereocenters. The molecule has 2 amide bonds. The summed E-state index contributed by atoms with van der Waals surface area (Å²) in [6.45, 7) is 4.75. The van der Waals surface area contributed by atoms with Crippen LogP contribution in [0, 0.1) is 12.8 Å². The van der Waals surface area contributed by atoms with Crippen molar-refractivity contribution in [1.29, 1.82) is 0 Å². The maximum absolute atomic E-state index is 12.8. The summed E-state index contributed by atoms with van der Waals surface area (Å²) in [5.41, 5.74) is 6.75. The number of hydrogen-bond acceptors (Lipinski definition) is 6. The van der Waals surface area contributed by atoms with Gasteiger partial charge in [-0.25, -0.2) is 9.97 Å². The van der Waals surface area contributed by atoms with Crippen LogP contribution in [-0.4, -0.2) is 82.8 Å². The summed E-state index contributed by atoms with van der Waals surface area (Å²) in [6, 6.07) is 0.441. The molecule has 1 aromatic rings. The lowest BCUT2D eigenvalue weighted by atomic mass is 9.83. The summed E-state index contributed by atoms with van der Waals surface area (Å²) in [5, 5.41) is 0. The van der Waals surface area contributed by atoms with Crippen molar-refractivity contribution in [3.8, 4) is 0 Å². The second kappa shape index (κ2) is 8.86. The highest BCUT2D eigenvalue weighted by Gasteiger charge is 2.34. The van der Waals surface area contributed by atoms with Crippen molar-refractivity contribution in [2.45, 2.75) is 45.1 Å². The first-order chi connectivity index (χ1) is 13.4. The highest BCUT2D eigenvalue weighted by molar-refractivity contribution is 5.95. The number of amides is 2. The number of nitrogen functional groups attached to an aromatic ring is 1. The number of likely N-dealkylation sites (tertiary alicyclic amines) is 2. The molecule has 0 aromatic carbocycles. The zero-order valence-corrected chi connectivity index (χ0v) is 17.2. The monoisotopic (exact) mass is 388 g/mol. The number of piperidine rings is 2. The van der Waals surface area contributed by atoms with E-state index in [0.29, 0.717) is 29.8 Å². The minimum Gasteiger partial charge on any atom is -0.368 e. The van der Waals surface area contributed by atoms with E-state index < -0.39 is 0 Å². The molecule has 0 spiro atoms. The van der Waals surface area contributed by atoms with Crippen molar-refractivity contribution in [2.24, 2.45) is 5.92 Å². The van der Waals surface area contributed by atoms with Crippen LogP contribution in [0.2, 0.25) is 0 Å². The Balaban J connectivity index is 1.60. The van der Waals surface area contributed by atoms with Gasteiger partial charge >= 0.3 is 0 Å². The van der Waals surface area contributed by atoms with Gasteiger partial charge < -0.3 is 15.5 Å². The van der Waals surface area contributed by atoms with Gasteiger partial charge in [0.1, 0.15) is 0 Å². The molecule has 0 bridgehead atoms. The van der Waals surface area contributed by atoms with E-state index in [-0.39, 0.29) is 17.8 Å². The van der Waals surface area contributed by atoms with E-state index in [2.05, 4.69) is 14.9 Å². The molecule has 28 heavy (non-hydrogen) atoms. The van der Waals surface area contributed by atoms with Crippen molar-refractivity contribution >= 4 is 17.8 Å². The van der Waals surface area contributed by atoms with Crippen molar-refractivity contribution < 1.29 is 9.59 Å². The van der Waals surface area contributed by atoms with Gasteiger partial charge in [-0.15, -0.1) is 0 Å². The largest absolute Gasteiger partial charge is 0.368 e. The number of carbonyl (C=O) groups excluding carboxylic acids is 2. The zero-order chi connectivity index (χ0) is 20.3. The molecule has 8 heteroatoms. The molecule has 8 nitrogen and oxygen atoms in total. The Morgan fingerprint density at radius 2 is 1.89 bits per heavy atom. The Morgan fingerprint density at radius 1 is 1.18 bits per heavy atom. The first-order valence-corrected chi connectivity index (χ1v) is 10.2. The normalized spacial score (nSPS) is 21.5. The summed E-state index contributed by atoms with van der Waals surface area (Å²) in [6.07, 6.45) is 6.99. The van der Waals surface area contributed by atoms with Crippen LogP contribution in [0.15, 0.2) is 6.20 Å². The Morgan fingerprint density at radius 3 is 2.54 bits per heavy atom. The van der Waals surface area contributed by atoms with E-state index in [1.165, 1.54) is 12.6 Å². The lowest BCUT2D eigenvalue weighted by Gasteiger charge is -2.43. The predicted molar refractivity (Wildman–Crippen MR) is 108 cm³/mol. The molecule has 2 fully saturated rings. The van der Waals surface area contributed by atoms with Crippen molar-refractivity contribution in [3.05, 3.63) is 17.5 Å². The molecule has 3 heterocycles. The SMILES string of the molecule is Cc1nc(N)ncc1C(=O)N1CCC(C2CCCCN2CC(=O)N(C)C)CC1. The quantitative estimate of drug-likeness (QED) is 0.832. The smallest absolute Gasteiger partial charge is 0.257 e. The topological polar surface area (TPSA) is 95.7 Å². The van der Waals surface area contributed by atoms with E-state index in [9.17, 15) is 9.59 Å². The van der Waals surface area contributed by atoms with Gasteiger partial charge in [0, 0.05) is 39.4 Å². The Hall–Kier alpha value is -2.22.